The van der Waals surface area contributed by atoms with E-state index in [9.17, 15) is 14.7 Å². The molecule has 0 spiro atoms. The molecule has 4 aliphatic rings. The van der Waals surface area contributed by atoms with Gasteiger partial charge < -0.3 is 34.4 Å². The number of carbonyl (C=O) groups is 2. The summed E-state index contributed by atoms with van der Waals surface area (Å²) in [7, 11) is 0. The van der Waals surface area contributed by atoms with E-state index in [1.807, 2.05) is 74.5 Å². The molecule has 4 N–H and O–H groups in total. The molecule has 4 heterocycles. The number of fused-ring (bicyclic) bond motifs is 3. The first-order valence-electron chi connectivity index (χ1n) is 17.5. The van der Waals surface area contributed by atoms with Crippen LogP contribution in [0.3, 0.4) is 0 Å². The zero-order chi connectivity index (χ0) is 34.6. The van der Waals surface area contributed by atoms with E-state index in [4.69, 9.17) is 18.6 Å². The topological polar surface area (TPSA) is 147 Å². The van der Waals surface area contributed by atoms with Crippen LogP contribution in [0, 0.1) is 11.8 Å². The summed E-state index contributed by atoms with van der Waals surface area (Å²) in [6.07, 6.45) is 0.524. The van der Waals surface area contributed by atoms with Gasteiger partial charge >= 0.3 is 6.09 Å². The van der Waals surface area contributed by atoms with E-state index < -0.39 is 24.3 Å². The van der Waals surface area contributed by atoms with E-state index in [-0.39, 0.29) is 36.8 Å². The number of benzene rings is 3. The molecule has 3 aromatic carbocycles. The number of aliphatic hydroxyl groups is 1. The Morgan fingerprint density at radius 3 is 2.50 bits per heavy atom. The third-order valence-electron chi connectivity index (χ3n) is 9.70. The minimum absolute atomic E-state index is 0.0159. The monoisotopic (exact) mass is 683 g/mol. The molecule has 1 aliphatic carbocycles. The van der Waals surface area contributed by atoms with Crippen LogP contribution < -0.4 is 16.1 Å². The van der Waals surface area contributed by atoms with Crippen molar-refractivity contribution >= 4 is 29.1 Å². The number of rotatable bonds is 13. The maximum Gasteiger partial charge on any atom is 0.407 e. The Balaban J connectivity index is 1.08. The first-order valence-corrected chi connectivity index (χ1v) is 17.5. The molecule has 12 nitrogen and oxygen atoms in total. The number of hydrogen-bond acceptors (Lipinski definition) is 10. The molecule has 264 valence electrons. The second kappa shape index (κ2) is 15.2. The van der Waals surface area contributed by atoms with Crippen molar-refractivity contribution in [3.05, 3.63) is 95.6 Å². The maximum absolute atomic E-state index is 13.6. The second-order valence-electron chi connectivity index (χ2n) is 13.9. The van der Waals surface area contributed by atoms with Crippen LogP contribution in [0.4, 0.5) is 10.8 Å². The van der Waals surface area contributed by atoms with Gasteiger partial charge in [-0.25, -0.2) is 9.80 Å². The number of nitrogens with one attached hydrogen (secondary N) is 3. The number of anilines is 1. The average Bonchev–Trinajstić information content (AvgIpc) is 3.52. The predicted octanol–water partition coefficient (Wildman–Crippen LogP) is 5.03. The summed E-state index contributed by atoms with van der Waals surface area (Å²) in [6, 6.07) is 24.2. The van der Waals surface area contributed by atoms with Crippen molar-refractivity contribution in [1.82, 2.24) is 20.7 Å². The fraction of sp³-hybridized carbons (Fsp3) is 0.447. The van der Waals surface area contributed by atoms with Crippen molar-refractivity contribution in [1.29, 1.82) is 0 Å². The van der Waals surface area contributed by atoms with Crippen molar-refractivity contribution in [2.75, 3.05) is 18.5 Å². The lowest BCUT2D eigenvalue weighted by Crippen LogP contribution is -2.53. The van der Waals surface area contributed by atoms with E-state index in [2.05, 4.69) is 21.0 Å². The Hall–Kier alpha value is -4.49. The Bertz CT molecular complexity index is 1730. The minimum atomic E-state index is -1.09. The highest BCUT2D eigenvalue weighted by Gasteiger charge is 2.50. The SMILES string of the molecule is CC(C)Nc1nc2cc(C(=O)NN(Cc3ccccc3)CC(O)C(Cc3ccccc3)NC(=O)OC3C4CCC5CC3OC5OC4)ccc2o1. The molecule has 8 rings (SSSR count). The van der Waals surface area contributed by atoms with Crippen LogP contribution in [0.25, 0.3) is 11.1 Å². The highest BCUT2D eigenvalue weighted by Crippen LogP contribution is 2.44. The number of carbonyl (C=O) groups excluding carboxylic acids is 2. The van der Waals surface area contributed by atoms with Gasteiger partial charge in [-0.05, 0) is 68.9 Å². The molecule has 3 saturated heterocycles. The van der Waals surface area contributed by atoms with Gasteiger partial charge in [0.1, 0.15) is 11.6 Å². The first-order chi connectivity index (χ1) is 24.3. The van der Waals surface area contributed by atoms with Crippen LogP contribution in [-0.4, -0.2) is 76.9 Å². The molecule has 12 heteroatoms. The largest absolute Gasteiger partial charge is 0.443 e. The molecular formula is C38H45N5O7. The maximum atomic E-state index is 13.6. The predicted molar refractivity (Wildman–Crippen MR) is 186 cm³/mol. The number of ether oxygens (including phenoxy) is 3. The minimum Gasteiger partial charge on any atom is -0.443 e. The molecule has 4 bridgehead atoms. The van der Waals surface area contributed by atoms with E-state index >= 15 is 0 Å². The zero-order valence-electron chi connectivity index (χ0n) is 28.4. The van der Waals surface area contributed by atoms with Crippen LogP contribution in [0.2, 0.25) is 0 Å². The van der Waals surface area contributed by atoms with Crippen molar-refractivity contribution < 1.29 is 33.3 Å². The molecule has 7 unspecified atom stereocenters. The summed E-state index contributed by atoms with van der Waals surface area (Å²) in [5, 5.41) is 19.6. The number of oxazole rings is 1. The Kier molecular flexibility index (Phi) is 10.3. The zero-order valence-corrected chi connectivity index (χ0v) is 28.4. The standard InChI is InChI=1S/C38H45N5O7/c1-23(2)39-37-40-30-18-26(15-16-32(30)49-37)35(45)42-43(20-25-11-7-4-8-12-25)21-31(44)29(17-24-9-5-3-6-10-24)41-38(46)50-34-28-14-13-27-19-33(34)48-36(27)47-22-28/h3-12,15-16,18,23,27-29,31,33-34,36,44H,13-14,17,19-22H2,1-2H3,(H,39,40)(H,41,46)(H,42,45). The quantitative estimate of drug-likeness (QED) is 0.142. The van der Waals surface area contributed by atoms with Gasteiger partial charge in [0.2, 0.25) is 0 Å². The Labute approximate surface area is 291 Å². The summed E-state index contributed by atoms with van der Waals surface area (Å²) in [4.78, 5) is 31.7. The number of hydrogen-bond donors (Lipinski definition) is 4. The summed E-state index contributed by atoms with van der Waals surface area (Å²) in [5.74, 6) is 0.0212. The lowest BCUT2D eigenvalue weighted by molar-refractivity contribution is -0.139. The summed E-state index contributed by atoms with van der Waals surface area (Å²) >= 11 is 0. The Morgan fingerprint density at radius 2 is 1.74 bits per heavy atom. The third kappa shape index (κ3) is 8.10. The van der Waals surface area contributed by atoms with Crippen LogP contribution in [0.5, 0.6) is 0 Å². The van der Waals surface area contributed by atoms with Crippen molar-refractivity contribution in [2.24, 2.45) is 11.8 Å². The van der Waals surface area contributed by atoms with Gasteiger partial charge in [0, 0.05) is 36.5 Å². The van der Waals surface area contributed by atoms with Gasteiger partial charge in [-0.1, -0.05) is 60.7 Å². The first kappa shape index (κ1) is 34.0. The van der Waals surface area contributed by atoms with E-state index in [0.29, 0.717) is 48.2 Å². The van der Waals surface area contributed by atoms with E-state index in [1.54, 1.807) is 23.2 Å². The van der Waals surface area contributed by atoms with Gasteiger partial charge in [0.15, 0.2) is 11.9 Å². The summed E-state index contributed by atoms with van der Waals surface area (Å²) < 4.78 is 23.9. The van der Waals surface area contributed by atoms with Crippen LogP contribution in [0.15, 0.2) is 83.3 Å². The van der Waals surface area contributed by atoms with Crippen molar-refractivity contribution in [3.63, 3.8) is 0 Å². The van der Waals surface area contributed by atoms with Crippen LogP contribution >= 0.6 is 0 Å². The number of nitrogens with zero attached hydrogens (tertiary/aromatic N) is 2. The van der Waals surface area contributed by atoms with Gasteiger partial charge in [0.25, 0.3) is 11.9 Å². The van der Waals surface area contributed by atoms with Crippen LogP contribution in [-0.2, 0) is 27.2 Å². The number of amides is 2. The van der Waals surface area contributed by atoms with Gasteiger partial charge in [-0.2, -0.15) is 4.98 Å². The van der Waals surface area contributed by atoms with Gasteiger partial charge in [-0.15, -0.1) is 0 Å². The number of hydrazine groups is 1. The highest BCUT2D eigenvalue weighted by atomic mass is 16.7. The molecule has 4 aromatic rings. The number of aromatic nitrogens is 1. The van der Waals surface area contributed by atoms with Crippen LogP contribution in [0.1, 0.15) is 54.6 Å². The van der Waals surface area contributed by atoms with Gasteiger partial charge in [-0.3, -0.25) is 10.2 Å². The fourth-order valence-corrected chi connectivity index (χ4v) is 7.21. The smallest absolute Gasteiger partial charge is 0.407 e. The fourth-order valence-electron chi connectivity index (χ4n) is 7.21. The van der Waals surface area contributed by atoms with E-state index in [0.717, 1.165) is 30.4 Å². The summed E-state index contributed by atoms with van der Waals surface area (Å²) in [6.45, 7) is 4.80. The molecular weight excluding hydrogens is 638 g/mol. The molecule has 1 saturated carbocycles. The molecule has 7 atom stereocenters. The molecule has 50 heavy (non-hydrogen) atoms. The third-order valence-corrected chi connectivity index (χ3v) is 9.70. The van der Waals surface area contributed by atoms with E-state index in [1.165, 1.54) is 0 Å². The summed E-state index contributed by atoms with van der Waals surface area (Å²) in [5.41, 5.74) is 6.35. The molecule has 2 amide bonds. The Morgan fingerprint density at radius 1 is 1.00 bits per heavy atom. The molecule has 0 radical (unpaired) electrons. The molecule has 1 aromatic heterocycles. The van der Waals surface area contributed by atoms with Gasteiger partial charge in [0.05, 0.1) is 24.9 Å². The van der Waals surface area contributed by atoms with Crippen molar-refractivity contribution in [2.45, 2.75) is 82.8 Å². The number of aliphatic hydroxyl groups excluding tert-OH is 1. The lowest BCUT2D eigenvalue weighted by Gasteiger charge is -2.32. The normalized spacial score (nSPS) is 23.8. The lowest BCUT2D eigenvalue weighted by atomic mass is 9.96. The highest BCUT2D eigenvalue weighted by molar-refractivity contribution is 5.97. The average molecular weight is 684 g/mol. The van der Waals surface area contributed by atoms with Crippen molar-refractivity contribution in [3.8, 4) is 0 Å². The number of alkyl carbamates (subject to hydrolysis) is 1. The molecule has 3 aliphatic heterocycles. The second-order valence-corrected chi connectivity index (χ2v) is 13.9. The molecule has 4 fully saturated rings.